The molecule has 1 aromatic carbocycles. The van der Waals surface area contributed by atoms with Gasteiger partial charge in [-0.05, 0) is 36.8 Å². The molecule has 0 radical (unpaired) electrons. The fourth-order valence-electron chi connectivity index (χ4n) is 2.17. The Morgan fingerprint density at radius 2 is 2.08 bits per heavy atom. The molecule has 0 fully saturated rings. The molecule has 0 atom stereocenters. The molecule has 1 N–H and O–H groups in total. The van der Waals surface area contributed by atoms with Crippen LogP contribution in [-0.2, 0) is 0 Å². The van der Waals surface area contributed by atoms with Gasteiger partial charge in [0.1, 0.15) is 17.9 Å². The van der Waals surface area contributed by atoms with Crippen LogP contribution in [0.3, 0.4) is 0 Å². The number of carbonyl (C=O) groups excluding carboxylic acids is 1. The third-order valence-electron chi connectivity index (χ3n) is 3.52. The van der Waals surface area contributed by atoms with E-state index < -0.39 is 0 Å². The highest BCUT2D eigenvalue weighted by atomic mass is 16.5. The number of nitrogens with zero attached hydrogens (tertiary/aromatic N) is 4. The largest absolute Gasteiger partial charge is 0.494 e. The van der Waals surface area contributed by atoms with Crippen LogP contribution in [0.1, 0.15) is 30.1 Å². The Morgan fingerprint density at radius 3 is 2.80 bits per heavy atom. The minimum absolute atomic E-state index is 0.245. The number of benzene rings is 1. The monoisotopic (exact) mass is 337 g/mol. The van der Waals surface area contributed by atoms with Crippen LogP contribution < -0.4 is 10.1 Å². The van der Waals surface area contributed by atoms with Gasteiger partial charge in [0.05, 0.1) is 6.61 Å². The quantitative estimate of drug-likeness (QED) is 0.670. The van der Waals surface area contributed by atoms with Crippen LogP contribution in [0.2, 0.25) is 0 Å². The van der Waals surface area contributed by atoms with Gasteiger partial charge in [-0.25, -0.2) is 14.6 Å². The molecule has 25 heavy (non-hydrogen) atoms. The highest BCUT2D eigenvalue weighted by Gasteiger charge is 2.08. The maximum absolute atomic E-state index is 12.3. The first kappa shape index (κ1) is 16.6. The predicted molar refractivity (Wildman–Crippen MR) is 94.0 cm³/mol. The van der Waals surface area contributed by atoms with Crippen molar-refractivity contribution >= 4 is 11.7 Å². The van der Waals surface area contributed by atoms with Crippen molar-refractivity contribution in [2.75, 3.05) is 11.9 Å². The zero-order chi connectivity index (χ0) is 17.5. The Kier molecular flexibility index (Phi) is 5.36. The number of rotatable bonds is 7. The summed E-state index contributed by atoms with van der Waals surface area (Å²) in [5.74, 6) is 1.50. The van der Waals surface area contributed by atoms with Crippen molar-refractivity contribution < 1.29 is 9.53 Å². The van der Waals surface area contributed by atoms with Gasteiger partial charge in [0, 0.05) is 24.0 Å². The number of ether oxygens (including phenoxy) is 1. The molecule has 0 saturated heterocycles. The van der Waals surface area contributed by atoms with E-state index >= 15 is 0 Å². The number of amides is 1. The summed E-state index contributed by atoms with van der Waals surface area (Å²) in [6, 6.07) is 10.5. The molecule has 0 spiro atoms. The van der Waals surface area contributed by atoms with Gasteiger partial charge in [-0.1, -0.05) is 13.3 Å². The Morgan fingerprint density at radius 1 is 1.24 bits per heavy atom. The van der Waals surface area contributed by atoms with Crippen LogP contribution in [0.15, 0.2) is 55.1 Å². The minimum atomic E-state index is -0.245. The van der Waals surface area contributed by atoms with Crippen molar-refractivity contribution in [1.29, 1.82) is 0 Å². The third-order valence-corrected chi connectivity index (χ3v) is 3.52. The molecule has 0 saturated carbocycles. The van der Waals surface area contributed by atoms with E-state index in [9.17, 15) is 4.79 Å². The molecule has 0 bridgehead atoms. The zero-order valence-corrected chi connectivity index (χ0v) is 13.9. The Hall–Kier alpha value is -3.22. The van der Waals surface area contributed by atoms with E-state index in [1.165, 1.54) is 6.33 Å². The Balaban J connectivity index is 1.65. The van der Waals surface area contributed by atoms with Gasteiger partial charge in [-0.2, -0.15) is 5.10 Å². The van der Waals surface area contributed by atoms with Gasteiger partial charge in [-0.3, -0.25) is 4.79 Å². The molecule has 0 aliphatic heterocycles. The van der Waals surface area contributed by atoms with E-state index in [1.54, 1.807) is 53.5 Å². The van der Waals surface area contributed by atoms with Gasteiger partial charge >= 0.3 is 0 Å². The molecule has 7 nitrogen and oxygen atoms in total. The lowest BCUT2D eigenvalue weighted by Gasteiger charge is -2.08. The molecule has 3 rings (SSSR count). The molecule has 128 valence electrons. The highest BCUT2D eigenvalue weighted by molar-refractivity contribution is 6.03. The summed E-state index contributed by atoms with van der Waals surface area (Å²) < 4.78 is 7.19. The van der Waals surface area contributed by atoms with E-state index in [1.807, 2.05) is 0 Å². The van der Waals surface area contributed by atoms with E-state index in [0.717, 1.165) is 18.6 Å². The Bertz CT molecular complexity index is 816. The lowest BCUT2D eigenvalue weighted by Crippen LogP contribution is -2.13. The summed E-state index contributed by atoms with van der Waals surface area (Å²) in [6.45, 7) is 2.79. The number of anilines is 1. The summed E-state index contributed by atoms with van der Waals surface area (Å²) in [6.07, 6.45) is 6.90. The van der Waals surface area contributed by atoms with Crippen LogP contribution >= 0.6 is 0 Å². The Labute approximate surface area is 145 Å². The third kappa shape index (κ3) is 4.41. The van der Waals surface area contributed by atoms with Crippen LogP contribution in [0.4, 0.5) is 5.82 Å². The molecule has 2 heterocycles. The first-order valence-electron chi connectivity index (χ1n) is 8.12. The van der Waals surface area contributed by atoms with E-state index in [2.05, 4.69) is 27.3 Å². The van der Waals surface area contributed by atoms with Crippen molar-refractivity contribution in [1.82, 2.24) is 19.7 Å². The average molecular weight is 337 g/mol. The predicted octanol–water partition coefficient (Wildman–Crippen LogP) is 3.09. The lowest BCUT2D eigenvalue weighted by molar-refractivity contribution is 0.102. The topological polar surface area (TPSA) is 81.9 Å². The molecular formula is C18H19N5O2. The molecule has 0 aliphatic rings. The van der Waals surface area contributed by atoms with Crippen molar-refractivity contribution in [3.63, 3.8) is 0 Å². The van der Waals surface area contributed by atoms with Gasteiger partial charge in [-0.15, -0.1) is 0 Å². The molecule has 7 heteroatoms. The second-order valence-electron chi connectivity index (χ2n) is 5.39. The van der Waals surface area contributed by atoms with E-state index in [4.69, 9.17) is 4.74 Å². The van der Waals surface area contributed by atoms with Crippen LogP contribution in [0.5, 0.6) is 5.75 Å². The number of unbranched alkanes of at least 4 members (excludes halogenated alkanes) is 1. The molecule has 2 aromatic heterocycles. The van der Waals surface area contributed by atoms with Gasteiger partial charge < -0.3 is 10.1 Å². The number of nitrogens with one attached hydrogen (secondary N) is 1. The van der Waals surface area contributed by atoms with Crippen molar-refractivity contribution in [2.45, 2.75) is 19.8 Å². The number of hydrogen-bond acceptors (Lipinski definition) is 5. The summed E-state index contributed by atoms with van der Waals surface area (Å²) in [4.78, 5) is 20.6. The van der Waals surface area contributed by atoms with E-state index in [-0.39, 0.29) is 5.91 Å². The fourth-order valence-corrected chi connectivity index (χ4v) is 2.17. The number of hydrogen-bond donors (Lipinski definition) is 1. The number of aromatic nitrogens is 4. The fraction of sp³-hybridized carbons (Fsp3) is 0.222. The second-order valence-corrected chi connectivity index (χ2v) is 5.39. The highest BCUT2D eigenvalue weighted by Crippen LogP contribution is 2.14. The van der Waals surface area contributed by atoms with Crippen LogP contribution in [0, 0.1) is 0 Å². The van der Waals surface area contributed by atoms with Gasteiger partial charge in [0.2, 0.25) is 0 Å². The average Bonchev–Trinajstić information content (AvgIpc) is 3.17. The van der Waals surface area contributed by atoms with Gasteiger partial charge in [0.15, 0.2) is 5.82 Å². The van der Waals surface area contributed by atoms with Crippen molar-refractivity contribution in [3.8, 4) is 11.6 Å². The van der Waals surface area contributed by atoms with Crippen molar-refractivity contribution in [3.05, 3.63) is 60.7 Å². The standard InChI is InChI=1S/C18H19N5O2/c1-2-3-11-25-15-7-5-14(6-8-15)18(24)22-16-12-17(20-13-19-16)23-10-4-9-21-23/h4-10,12-13H,2-3,11H2,1H3,(H,19,20,22,24). The van der Waals surface area contributed by atoms with Crippen molar-refractivity contribution in [2.24, 2.45) is 0 Å². The summed E-state index contributed by atoms with van der Waals surface area (Å²) in [7, 11) is 0. The first-order chi connectivity index (χ1) is 12.3. The SMILES string of the molecule is CCCCOc1ccc(C(=O)Nc2cc(-n3cccn3)ncn2)cc1. The van der Waals surface area contributed by atoms with E-state index in [0.29, 0.717) is 23.8 Å². The van der Waals surface area contributed by atoms with Crippen LogP contribution in [0.25, 0.3) is 5.82 Å². The summed E-state index contributed by atoms with van der Waals surface area (Å²) in [5.41, 5.74) is 0.530. The molecule has 1 amide bonds. The molecule has 3 aromatic rings. The normalized spacial score (nSPS) is 10.4. The number of carbonyl (C=O) groups is 1. The first-order valence-corrected chi connectivity index (χ1v) is 8.12. The molecule has 0 aliphatic carbocycles. The maximum atomic E-state index is 12.3. The van der Waals surface area contributed by atoms with Gasteiger partial charge in [0.25, 0.3) is 5.91 Å². The molecule has 0 unspecified atom stereocenters. The lowest BCUT2D eigenvalue weighted by atomic mass is 10.2. The second kappa shape index (κ2) is 8.05. The van der Waals surface area contributed by atoms with Crippen LogP contribution in [-0.4, -0.2) is 32.3 Å². The smallest absolute Gasteiger partial charge is 0.256 e. The summed E-state index contributed by atoms with van der Waals surface area (Å²) >= 11 is 0. The zero-order valence-electron chi connectivity index (χ0n) is 13.9. The maximum Gasteiger partial charge on any atom is 0.256 e. The minimum Gasteiger partial charge on any atom is -0.494 e. The summed E-state index contributed by atoms with van der Waals surface area (Å²) in [5, 5.41) is 6.87. The molecular weight excluding hydrogens is 318 g/mol.